The predicted octanol–water partition coefficient (Wildman–Crippen LogP) is 1.25. The van der Waals surface area contributed by atoms with E-state index < -0.39 is 10.9 Å². The lowest BCUT2D eigenvalue weighted by molar-refractivity contribution is -0.384. The third-order valence-corrected chi connectivity index (χ3v) is 2.51. The molecule has 1 aromatic heterocycles. The van der Waals surface area contributed by atoms with Gasteiger partial charge in [-0.1, -0.05) is 6.92 Å². The lowest BCUT2D eigenvalue weighted by Crippen LogP contribution is -2.32. The van der Waals surface area contributed by atoms with Crippen LogP contribution in [0.2, 0.25) is 0 Å². The number of esters is 1. The summed E-state index contributed by atoms with van der Waals surface area (Å²) in [6.07, 6.45) is 1.91. The fourth-order valence-electron chi connectivity index (χ4n) is 1.64. The quantitative estimate of drug-likeness (QED) is 0.437. The van der Waals surface area contributed by atoms with Crippen molar-refractivity contribution in [2.45, 2.75) is 13.3 Å². The number of carbonyl (C=O) groups excluding carboxylic acids is 1. The minimum absolute atomic E-state index is 0.0567. The molecule has 8 heteroatoms. The largest absolute Gasteiger partial charge is 0.468 e. The fraction of sp³-hybridized carbons (Fsp3) is 0.417. The Hall–Kier alpha value is -2.69. The van der Waals surface area contributed by atoms with Crippen molar-refractivity contribution in [1.29, 1.82) is 5.26 Å². The van der Waals surface area contributed by atoms with Gasteiger partial charge in [0.15, 0.2) is 0 Å². The van der Waals surface area contributed by atoms with Gasteiger partial charge in [-0.25, -0.2) is 4.98 Å². The molecule has 1 rings (SSSR count). The monoisotopic (exact) mass is 278 g/mol. The third-order valence-electron chi connectivity index (χ3n) is 2.51. The maximum absolute atomic E-state index is 11.4. The van der Waals surface area contributed by atoms with Crippen molar-refractivity contribution in [3.05, 3.63) is 27.9 Å². The Balaban J connectivity index is 3.21. The van der Waals surface area contributed by atoms with E-state index in [1.54, 1.807) is 6.07 Å². The number of nitriles is 1. The highest BCUT2D eigenvalue weighted by Gasteiger charge is 2.23. The Bertz CT molecular complexity index is 553. The second-order valence-corrected chi connectivity index (χ2v) is 3.93. The van der Waals surface area contributed by atoms with Gasteiger partial charge >= 0.3 is 11.7 Å². The predicted molar refractivity (Wildman–Crippen MR) is 70.1 cm³/mol. The van der Waals surface area contributed by atoms with Crippen molar-refractivity contribution in [1.82, 2.24) is 4.98 Å². The van der Waals surface area contributed by atoms with Crippen LogP contribution in [-0.2, 0) is 9.53 Å². The van der Waals surface area contributed by atoms with Crippen LogP contribution in [0.4, 0.5) is 11.5 Å². The SMILES string of the molecule is CCCN(CC(=O)OC)c1ncc(C#N)cc1[N+](=O)[O-]. The van der Waals surface area contributed by atoms with Gasteiger partial charge in [-0.2, -0.15) is 5.26 Å². The Kier molecular flexibility index (Phi) is 5.41. The molecule has 0 N–H and O–H groups in total. The molecule has 0 fully saturated rings. The van der Waals surface area contributed by atoms with Crippen molar-refractivity contribution < 1.29 is 14.5 Å². The van der Waals surface area contributed by atoms with Gasteiger partial charge in [-0.3, -0.25) is 14.9 Å². The van der Waals surface area contributed by atoms with Gasteiger partial charge in [-0.15, -0.1) is 0 Å². The number of aromatic nitrogens is 1. The number of carbonyl (C=O) groups is 1. The highest BCUT2D eigenvalue weighted by Crippen LogP contribution is 2.26. The second kappa shape index (κ2) is 7.04. The van der Waals surface area contributed by atoms with Crippen LogP contribution >= 0.6 is 0 Å². The van der Waals surface area contributed by atoms with Crippen molar-refractivity contribution in [2.75, 3.05) is 25.1 Å². The summed E-state index contributed by atoms with van der Waals surface area (Å²) in [5, 5.41) is 19.8. The summed E-state index contributed by atoms with van der Waals surface area (Å²) in [7, 11) is 1.24. The maximum atomic E-state index is 11.4. The molecule has 0 atom stereocenters. The average molecular weight is 278 g/mol. The van der Waals surface area contributed by atoms with E-state index in [0.29, 0.717) is 13.0 Å². The van der Waals surface area contributed by atoms with Crippen molar-refractivity contribution in [3.8, 4) is 6.07 Å². The Labute approximate surface area is 115 Å². The summed E-state index contributed by atoms with van der Waals surface area (Å²) in [6, 6.07) is 2.94. The molecule has 1 aromatic rings. The molecule has 0 aliphatic rings. The Morgan fingerprint density at radius 1 is 1.65 bits per heavy atom. The molecule has 0 spiro atoms. The summed E-state index contributed by atoms with van der Waals surface area (Å²) in [5.74, 6) is -0.458. The maximum Gasteiger partial charge on any atom is 0.325 e. The van der Waals surface area contributed by atoms with Gasteiger partial charge in [-0.05, 0) is 6.42 Å². The molecular weight excluding hydrogens is 264 g/mol. The van der Waals surface area contributed by atoms with Crippen molar-refractivity contribution >= 4 is 17.5 Å². The van der Waals surface area contributed by atoms with Crippen LogP contribution in [0, 0.1) is 21.4 Å². The first-order chi connectivity index (χ1) is 9.53. The average Bonchev–Trinajstić information content (AvgIpc) is 2.45. The first-order valence-corrected chi connectivity index (χ1v) is 5.89. The summed E-state index contributed by atoms with van der Waals surface area (Å²) >= 11 is 0. The molecule has 0 bridgehead atoms. The molecule has 0 radical (unpaired) electrons. The van der Waals surface area contributed by atoms with Gasteiger partial charge in [0.05, 0.1) is 17.6 Å². The number of anilines is 1. The standard InChI is InChI=1S/C12H14N4O4/c1-3-4-15(8-11(17)20-2)12-10(16(18)19)5-9(6-13)7-14-12/h5,7H,3-4,8H2,1-2H3. The molecule has 0 saturated carbocycles. The van der Waals surface area contributed by atoms with Gasteiger partial charge in [0.2, 0.25) is 5.82 Å². The molecule has 106 valence electrons. The van der Waals surface area contributed by atoms with Crippen LogP contribution < -0.4 is 4.90 Å². The van der Waals surface area contributed by atoms with Gasteiger partial charge in [0, 0.05) is 18.8 Å². The highest BCUT2D eigenvalue weighted by atomic mass is 16.6. The number of rotatable bonds is 6. The van der Waals surface area contributed by atoms with E-state index in [4.69, 9.17) is 5.26 Å². The molecule has 0 amide bonds. The number of methoxy groups -OCH3 is 1. The molecule has 0 unspecified atom stereocenters. The first-order valence-electron chi connectivity index (χ1n) is 5.89. The number of pyridine rings is 1. The normalized spacial score (nSPS) is 9.65. The van der Waals surface area contributed by atoms with E-state index in [0.717, 1.165) is 6.07 Å². The van der Waals surface area contributed by atoms with Gasteiger partial charge < -0.3 is 9.64 Å². The summed E-state index contributed by atoms with van der Waals surface area (Å²) in [5.41, 5.74) is -0.212. The number of hydrogen-bond acceptors (Lipinski definition) is 7. The number of nitro groups is 1. The van der Waals surface area contributed by atoms with Crippen LogP contribution in [0.15, 0.2) is 12.3 Å². The van der Waals surface area contributed by atoms with Gasteiger partial charge in [0.1, 0.15) is 12.6 Å². The molecule has 0 aliphatic carbocycles. The lowest BCUT2D eigenvalue weighted by atomic mass is 10.2. The topological polar surface area (TPSA) is 109 Å². The number of hydrogen-bond donors (Lipinski definition) is 0. The zero-order chi connectivity index (χ0) is 15.1. The minimum atomic E-state index is -0.622. The molecule has 8 nitrogen and oxygen atoms in total. The van der Waals surface area contributed by atoms with Crippen molar-refractivity contribution in [3.63, 3.8) is 0 Å². The molecule has 1 heterocycles. The van der Waals surface area contributed by atoms with Crippen LogP contribution in [0.5, 0.6) is 0 Å². The Morgan fingerprint density at radius 2 is 2.35 bits per heavy atom. The summed E-state index contributed by atoms with van der Waals surface area (Å²) < 4.78 is 4.56. The van der Waals surface area contributed by atoms with E-state index >= 15 is 0 Å². The van der Waals surface area contributed by atoms with Crippen LogP contribution in [0.25, 0.3) is 0 Å². The molecule has 20 heavy (non-hydrogen) atoms. The van der Waals surface area contributed by atoms with Crippen LogP contribution in [-0.4, -0.2) is 36.1 Å². The smallest absolute Gasteiger partial charge is 0.325 e. The second-order valence-electron chi connectivity index (χ2n) is 3.93. The third kappa shape index (κ3) is 3.65. The molecule has 0 saturated heterocycles. The van der Waals surface area contributed by atoms with Gasteiger partial charge in [0.25, 0.3) is 0 Å². The lowest BCUT2D eigenvalue weighted by Gasteiger charge is -2.21. The fourth-order valence-corrected chi connectivity index (χ4v) is 1.64. The van der Waals surface area contributed by atoms with E-state index in [1.807, 2.05) is 6.92 Å². The zero-order valence-corrected chi connectivity index (χ0v) is 11.2. The molecular formula is C12H14N4O4. The van der Waals surface area contributed by atoms with Crippen molar-refractivity contribution in [2.24, 2.45) is 0 Å². The first kappa shape index (κ1) is 15.4. The minimum Gasteiger partial charge on any atom is -0.468 e. The van der Waals surface area contributed by atoms with E-state index in [-0.39, 0.29) is 23.6 Å². The van der Waals surface area contributed by atoms with E-state index in [9.17, 15) is 14.9 Å². The summed E-state index contributed by atoms with van der Waals surface area (Å²) in [6.45, 7) is 2.15. The summed E-state index contributed by atoms with van der Waals surface area (Å²) in [4.78, 5) is 27.2. The zero-order valence-electron chi connectivity index (χ0n) is 11.2. The Morgan fingerprint density at radius 3 is 2.85 bits per heavy atom. The number of ether oxygens (including phenoxy) is 1. The van der Waals surface area contributed by atoms with E-state index in [1.165, 1.54) is 18.2 Å². The number of nitrogens with zero attached hydrogens (tertiary/aromatic N) is 4. The van der Waals surface area contributed by atoms with Crippen LogP contribution in [0.3, 0.4) is 0 Å². The van der Waals surface area contributed by atoms with E-state index in [2.05, 4.69) is 9.72 Å². The highest BCUT2D eigenvalue weighted by molar-refractivity contribution is 5.76. The molecule has 0 aliphatic heterocycles. The molecule has 0 aromatic carbocycles. The van der Waals surface area contributed by atoms with Crippen LogP contribution in [0.1, 0.15) is 18.9 Å².